The van der Waals surface area contributed by atoms with Gasteiger partial charge in [-0.15, -0.1) is 0 Å². The molecular weight excluding hydrogens is 408 g/mol. The van der Waals surface area contributed by atoms with Gasteiger partial charge in [-0.25, -0.2) is 4.79 Å². The Labute approximate surface area is 177 Å². The minimum Gasteiger partial charge on any atom is -0.466 e. The summed E-state index contributed by atoms with van der Waals surface area (Å²) in [4.78, 5) is 48.2. The van der Waals surface area contributed by atoms with Crippen molar-refractivity contribution < 1.29 is 42.5 Å². The molecule has 0 fully saturated rings. The first-order valence-corrected chi connectivity index (χ1v) is 9.48. The first-order chi connectivity index (χ1) is 14.6. The fourth-order valence-corrected chi connectivity index (χ4v) is 3.71. The molecule has 1 aliphatic rings. The summed E-state index contributed by atoms with van der Waals surface area (Å²) < 4.78 is 26.5. The molecular formula is C22H22O9. The lowest BCUT2D eigenvalue weighted by atomic mass is 9.79. The predicted molar refractivity (Wildman–Crippen MR) is 106 cm³/mol. The second-order valence-corrected chi connectivity index (χ2v) is 7.13. The number of fused-ring (bicyclic) bond motifs is 1. The van der Waals surface area contributed by atoms with Crippen LogP contribution in [0.1, 0.15) is 32.8 Å². The zero-order chi connectivity index (χ0) is 22.8. The molecule has 31 heavy (non-hydrogen) atoms. The third-order valence-electron chi connectivity index (χ3n) is 4.79. The van der Waals surface area contributed by atoms with Crippen molar-refractivity contribution in [1.82, 2.24) is 0 Å². The second-order valence-electron chi connectivity index (χ2n) is 7.13. The summed E-state index contributed by atoms with van der Waals surface area (Å²) in [7, 11) is 1.15. The Bertz CT molecular complexity index is 1060. The lowest BCUT2D eigenvalue weighted by molar-refractivity contribution is -0.184. The van der Waals surface area contributed by atoms with E-state index >= 15 is 0 Å². The highest BCUT2D eigenvalue weighted by atomic mass is 16.6. The van der Waals surface area contributed by atoms with Crippen LogP contribution in [0.2, 0.25) is 0 Å². The van der Waals surface area contributed by atoms with Gasteiger partial charge in [0, 0.05) is 38.2 Å². The van der Waals surface area contributed by atoms with Crippen molar-refractivity contribution in [3.05, 3.63) is 42.2 Å². The average Bonchev–Trinajstić information content (AvgIpc) is 3.15. The van der Waals surface area contributed by atoms with Crippen LogP contribution < -0.4 is 0 Å². The maximum absolute atomic E-state index is 12.7. The number of ether oxygens (including phenoxy) is 4. The van der Waals surface area contributed by atoms with Crippen LogP contribution in [-0.4, -0.2) is 48.8 Å². The Balaban J connectivity index is 2.24. The third-order valence-corrected chi connectivity index (χ3v) is 4.79. The Morgan fingerprint density at radius 3 is 2.32 bits per heavy atom. The van der Waals surface area contributed by atoms with Crippen LogP contribution >= 0.6 is 0 Å². The Kier molecular flexibility index (Phi) is 6.14. The van der Waals surface area contributed by atoms with Crippen molar-refractivity contribution in [2.45, 2.75) is 45.0 Å². The van der Waals surface area contributed by atoms with Crippen molar-refractivity contribution in [3.63, 3.8) is 0 Å². The normalized spacial score (nSPS) is 22.9. The number of methoxy groups -OCH3 is 1. The number of esters is 4. The molecule has 164 valence electrons. The summed E-state index contributed by atoms with van der Waals surface area (Å²) in [5, 5.41) is 0.755. The number of furan rings is 1. The molecule has 0 N–H and O–H groups in total. The van der Waals surface area contributed by atoms with Gasteiger partial charge in [0.05, 0.1) is 13.4 Å². The lowest BCUT2D eigenvalue weighted by Crippen LogP contribution is -2.52. The van der Waals surface area contributed by atoms with Gasteiger partial charge in [-0.1, -0.05) is 6.07 Å². The van der Waals surface area contributed by atoms with Gasteiger partial charge in [0.25, 0.3) is 0 Å². The summed E-state index contributed by atoms with van der Waals surface area (Å²) in [5.74, 6) is -2.87. The summed E-state index contributed by atoms with van der Waals surface area (Å²) in [6.07, 6.45) is 0.467. The number of rotatable bonds is 5. The minimum absolute atomic E-state index is 0.283. The van der Waals surface area contributed by atoms with Crippen LogP contribution in [0.3, 0.4) is 0 Å². The topological polar surface area (TPSA) is 118 Å². The Hall–Kier alpha value is -3.62. The van der Waals surface area contributed by atoms with E-state index in [2.05, 4.69) is 0 Å². The molecule has 1 unspecified atom stereocenters. The molecule has 0 bridgehead atoms. The fourth-order valence-electron chi connectivity index (χ4n) is 3.71. The summed E-state index contributed by atoms with van der Waals surface area (Å²) in [6.45, 7) is 3.55. The van der Waals surface area contributed by atoms with E-state index in [1.165, 1.54) is 26.2 Å². The van der Waals surface area contributed by atoms with Crippen molar-refractivity contribution in [2.24, 2.45) is 0 Å². The van der Waals surface area contributed by atoms with Crippen molar-refractivity contribution in [2.75, 3.05) is 7.11 Å². The molecule has 0 amide bonds. The van der Waals surface area contributed by atoms with Crippen molar-refractivity contribution >= 4 is 40.4 Å². The highest BCUT2D eigenvalue weighted by Gasteiger charge is 2.52. The summed E-state index contributed by atoms with van der Waals surface area (Å²) >= 11 is 0. The maximum atomic E-state index is 12.7. The minimum atomic E-state index is -1.88. The molecule has 0 saturated heterocycles. The highest BCUT2D eigenvalue weighted by molar-refractivity contribution is 5.91. The molecule has 0 spiro atoms. The number of benzene rings is 1. The molecule has 1 aromatic carbocycles. The monoisotopic (exact) mass is 430 g/mol. The van der Waals surface area contributed by atoms with Gasteiger partial charge in [-0.2, -0.15) is 0 Å². The van der Waals surface area contributed by atoms with E-state index in [1.807, 2.05) is 0 Å². The van der Waals surface area contributed by atoms with Crippen LogP contribution in [0, 0.1) is 0 Å². The van der Waals surface area contributed by atoms with Crippen LogP contribution in [0.5, 0.6) is 0 Å². The maximum Gasteiger partial charge on any atom is 0.354 e. The van der Waals surface area contributed by atoms with E-state index < -0.39 is 41.7 Å². The van der Waals surface area contributed by atoms with E-state index in [-0.39, 0.29) is 6.42 Å². The van der Waals surface area contributed by atoms with E-state index in [4.69, 9.17) is 23.4 Å². The van der Waals surface area contributed by atoms with E-state index in [1.54, 1.807) is 24.3 Å². The number of hydrogen-bond acceptors (Lipinski definition) is 9. The first kappa shape index (κ1) is 22.1. The van der Waals surface area contributed by atoms with E-state index in [9.17, 15) is 19.2 Å². The molecule has 0 aliphatic heterocycles. The molecule has 3 rings (SSSR count). The first-order valence-electron chi connectivity index (χ1n) is 9.48. The van der Waals surface area contributed by atoms with Gasteiger partial charge >= 0.3 is 23.9 Å². The van der Waals surface area contributed by atoms with Gasteiger partial charge in [-0.3, -0.25) is 14.4 Å². The second kappa shape index (κ2) is 8.63. The average molecular weight is 430 g/mol. The summed E-state index contributed by atoms with van der Waals surface area (Å²) in [6, 6.07) is 6.90. The third kappa shape index (κ3) is 4.60. The number of carbonyl (C=O) groups is 4. The smallest absolute Gasteiger partial charge is 0.354 e. The zero-order valence-electron chi connectivity index (χ0n) is 17.5. The van der Waals surface area contributed by atoms with Gasteiger partial charge in [-0.05, 0) is 29.8 Å². The van der Waals surface area contributed by atoms with Gasteiger partial charge in [0.15, 0.2) is 6.10 Å². The van der Waals surface area contributed by atoms with Crippen molar-refractivity contribution in [1.29, 1.82) is 0 Å². The van der Waals surface area contributed by atoms with E-state index in [0.29, 0.717) is 16.7 Å². The molecule has 0 radical (unpaired) electrons. The Morgan fingerprint density at radius 1 is 1.00 bits per heavy atom. The SMILES string of the molecule is COC(=O)[C@]1(OC(C)=O)C=C(c2ccc3occc3c2)[C@@H](OC(C)=O)C(OC(C)=O)C1. The molecule has 2 aromatic rings. The van der Waals surface area contributed by atoms with Crippen LogP contribution in [0.4, 0.5) is 0 Å². The van der Waals surface area contributed by atoms with Gasteiger partial charge < -0.3 is 23.4 Å². The quantitative estimate of drug-likeness (QED) is 0.521. The van der Waals surface area contributed by atoms with Gasteiger partial charge in [0.1, 0.15) is 11.7 Å². The molecule has 1 aliphatic carbocycles. The molecule has 0 saturated carbocycles. The van der Waals surface area contributed by atoms with Crippen LogP contribution in [0.15, 0.2) is 41.0 Å². The molecule has 1 heterocycles. The largest absolute Gasteiger partial charge is 0.466 e. The molecule has 9 nitrogen and oxygen atoms in total. The molecule has 9 heteroatoms. The standard InChI is InChI=1S/C22H22O9/c1-12(23)29-19-11-22(21(26)27-4,31-14(3)25)10-17(20(19)30-13(2)24)15-5-6-18-16(9-15)7-8-28-18/h5-10,19-20H,11H2,1-4H3/t19?,20-,22+/m1/s1. The predicted octanol–water partition coefficient (Wildman–Crippen LogP) is 2.56. The van der Waals surface area contributed by atoms with E-state index in [0.717, 1.165) is 19.4 Å². The number of hydrogen-bond donors (Lipinski definition) is 0. The lowest BCUT2D eigenvalue weighted by Gasteiger charge is -2.39. The molecule has 1 aromatic heterocycles. The fraction of sp³-hybridized carbons (Fsp3) is 0.364. The van der Waals surface area contributed by atoms with Gasteiger partial charge in [0.2, 0.25) is 5.60 Å². The zero-order valence-corrected chi connectivity index (χ0v) is 17.5. The summed E-state index contributed by atoms with van der Waals surface area (Å²) in [5.41, 5.74) is -0.377. The molecule has 3 atom stereocenters. The van der Waals surface area contributed by atoms with Crippen LogP contribution in [0.25, 0.3) is 16.5 Å². The highest BCUT2D eigenvalue weighted by Crippen LogP contribution is 2.40. The Morgan fingerprint density at radius 2 is 1.71 bits per heavy atom. The number of carbonyl (C=O) groups excluding carboxylic acids is 4. The van der Waals surface area contributed by atoms with Crippen molar-refractivity contribution in [3.8, 4) is 0 Å². The van der Waals surface area contributed by atoms with Crippen LogP contribution in [-0.2, 0) is 38.1 Å².